The number of ketones is 1. The van der Waals surface area contributed by atoms with Crippen LogP contribution in [0.15, 0.2) is 53.5 Å². The minimum atomic E-state index is -2.84. The second kappa shape index (κ2) is 10.5. The number of amides is 1. The molecule has 1 unspecified atom stereocenters. The third-order valence-electron chi connectivity index (χ3n) is 4.61. The van der Waals surface area contributed by atoms with Crippen LogP contribution in [0.2, 0.25) is 5.02 Å². The first-order valence-electron chi connectivity index (χ1n) is 9.74. The Hall–Kier alpha value is -3.73. The molecule has 2 N–H and O–H groups in total. The van der Waals surface area contributed by atoms with Gasteiger partial charge in [-0.2, -0.15) is 4.98 Å². The van der Waals surface area contributed by atoms with Gasteiger partial charge in [-0.1, -0.05) is 29.3 Å². The van der Waals surface area contributed by atoms with Crippen LogP contribution in [0.3, 0.4) is 0 Å². The molecule has 3 rings (SSSR count). The van der Waals surface area contributed by atoms with Crippen LogP contribution in [0, 0.1) is 18.6 Å². The molecule has 1 atom stereocenters. The molecule has 1 amide bonds. The molecule has 12 heteroatoms. The first-order valence-corrected chi connectivity index (χ1v) is 10.1. The molecule has 0 saturated carbocycles. The average molecular weight is 497 g/mol. The van der Waals surface area contributed by atoms with Crippen LogP contribution in [-0.4, -0.2) is 34.2 Å². The molecule has 34 heavy (non-hydrogen) atoms. The first kappa shape index (κ1) is 24.9. The highest BCUT2D eigenvalue weighted by Gasteiger charge is 2.28. The molecule has 1 aromatic heterocycles. The number of carbonyl (C=O) groups is 2. The summed E-state index contributed by atoms with van der Waals surface area (Å²) >= 11 is 5.65. The molecule has 1 heterocycles. The Kier molecular flexibility index (Phi) is 7.67. The molecule has 0 bridgehead atoms. The van der Waals surface area contributed by atoms with Crippen molar-refractivity contribution >= 4 is 29.1 Å². The predicted octanol–water partition coefficient (Wildman–Crippen LogP) is 3.97. The summed E-state index contributed by atoms with van der Waals surface area (Å²) in [4.78, 5) is 41.9. The topological polar surface area (TPSA) is 93.1 Å². The average Bonchev–Trinajstić information content (AvgIpc) is 2.79. The molecule has 0 aliphatic carbocycles. The molecule has 0 radical (unpaired) electrons. The number of anilines is 1. The number of benzene rings is 2. The Morgan fingerprint density at radius 3 is 2.47 bits per heavy atom. The van der Waals surface area contributed by atoms with Crippen molar-refractivity contribution in [3.63, 3.8) is 0 Å². The summed E-state index contributed by atoms with van der Waals surface area (Å²) in [6.07, 6.45) is -4.15. The number of aryl methyl sites for hydroxylation is 1. The van der Waals surface area contributed by atoms with Gasteiger partial charge in [-0.05, 0) is 37.3 Å². The molecule has 2 aromatic carbocycles. The maximum atomic E-state index is 14.5. The lowest BCUT2D eigenvalue weighted by molar-refractivity contribution is 0.0811. The number of alkyl halides is 2. The summed E-state index contributed by atoms with van der Waals surface area (Å²) in [7, 11) is 0. The van der Waals surface area contributed by atoms with E-state index in [9.17, 15) is 31.9 Å². The number of hydrogen-bond acceptors (Lipinski definition) is 5. The van der Waals surface area contributed by atoms with E-state index in [1.54, 1.807) is 19.1 Å². The summed E-state index contributed by atoms with van der Waals surface area (Å²) < 4.78 is 53.8. The minimum Gasteiger partial charge on any atom is -0.362 e. The number of hydrogen-bond donors (Lipinski definition) is 2. The molecule has 0 saturated heterocycles. The number of carbonyl (C=O) groups excluding carboxylic acids is 2. The van der Waals surface area contributed by atoms with Gasteiger partial charge in [-0.25, -0.2) is 22.4 Å². The maximum absolute atomic E-state index is 14.5. The Morgan fingerprint density at radius 2 is 1.82 bits per heavy atom. The van der Waals surface area contributed by atoms with Crippen LogP contribution >= 0.6 is 11.6 Å². The van der Waals surface area contributed by atoms with E-state index in [0.29, 0.717) is 10.8 Å². The van der Waals surface area contributed by atoms with E-state index in [4.69, 9.17) is 11.6 Å². The van der Waals surface area contributed by atoms with E-state index in [1.807, 2.05) is 5.32 Å². The first-order chi connectivity index (χ1) is 16.1. The van der Waals surface area contributed by atoms with Gasteiger partial charge in [0.2, 0.25) is 5.78 Å². The molecule has 0 aliphatic heterocycles. The van der Waals surface area contributed by atoms with Gasteiger partial charge in [0, 0.05) is 11.1 Å². The monoisotopic (exact) mass is 496 g/mol. The Labute approximate surface area is 195 Å². The van der Waals surface area contributed by atoms with E-state index in [1.165, 1.54) is 12.1 Å². The van der Waals surface area contributed by atoms with Gasteiger partial charge in [0.1, 0.15) is 5.82 Å². The number of nitrogens with one attached hydrogen (secondary N) is 2. The highest BCUT2D eigenvalue weighted by molar-refractivity contribution is 6.30. The summed E-state index contributed by atoms with van der Waals surface area (Å²) in [5.74, 6) is -4.68. The van der Waals surface area contributed by atoms with Gasteiger partial charge in [0.15, 0.2) is 17.8 Å². The summed E-state index contributed by atoms with van der Waals surface area (Å²) in [5, 5.41) is 4.03. The van der Waals surface area contributed by atoms with Crippen molar-refractivity contribution in [2.45, 2.75) is 19.5 Å². The fourth-order valence-electron chi connectivity index (χ4n) is 2.99. The van der Waals surface area contributed by atoms with Crippen molar-refractivity contribution < 1.29 is 27.2 Å². The lowest BCUT2D eigenvalue weighted by Crippen LogP contribution is -2.43. The Morgan fingerprint density at radius 1 is 1.09 bits per heavy atom. The summed E-state index contributed by atoms with van der Waals surface area (Å²) in [5.41, 5.74) is -0.634. The number of rotatable bonds is 8. The van der Waals surface area contributed by atoms with E-state index >= 15 is 0 Å². The molecular formula is C22H17ClF4N4O3. The zero-order valence-electron chi connectivity index (χ0n) is 17.5. The van der Waals surface area contributed by atoms with Gasteiger partial charge in [-0.3, -0.25) is 14.2 Å². The van der Waals surface area contributed by atoms with Crippen molar-refractivity contribution in [1.29, 1.82) is 0 Å². The van der Waals surface area contributed by atoms with Crippen LogP contribution in [0.1, 0.15) is 32.4 Å². The van der Waals surface area contributed by atoms with Crippen LogP contribution in [0.25, 0.3) is 0 Å². The van der Waals surface area contributed by atoms with Crippen LogP contribution in [0.5, 0.6) is 0 Å². The predicted molar refractivity (Wildman–Crippen MR) is 116 cm³/mol. The lowest BCUT2D eigenvalue weighted by Gasteiger charge is -2.21. The van der Waals surface area contributed by atoms with Gasteiger partial charge in [-0.15, -0.1) is 0 Å². The van der Waals surface area contributed by atoms with E-state index in [2.05, 4.69) is 10.3 Å². The standard InChI is InChI=1S/C22H17ClF4N4O3/c1-11-3-2-4-13(7-11)21(33)30-20(18(32)12-5-6-14(23)15(24)8-12)31-10-16(25)19(29-22(31)34)28-9-17(26)27/h2-8,10,17,20H,9H2,1H3,(H,30,33)(H,28,29,34). The van der Waals surface area contributed by atoms with Crippen LogP contribution in [-0.2, 0) is 0 Å². The van der Waals surface area contributed by atoms with Crippen molar-refractivity contribution in [3.8, 4) is 0 Å². The molecular weight excluding hydrogens is 480 g/mol. The van der Waals surface area contributed by atoms with E-state index < -0.39 is 54.0 Å². The maximum Gasteiger partial charge on any atom is 0.351 e. The van der Waals surface area contributed by atoms with E-state index in [0.717, 1.165) is 23.8 Å². The normalized spacial score (nSPS) is 11.9. The molecule has 0 spiro atoms. The van der Waals surface area contributed by atoms with Gasteiger partial charge >= 0.3 is 5.69 Å². The molecule has 178 valence electrons. The van der Waals surface area contributed by atoms with Crippen LogP contribution < -0.4 is 16.3 Å². The number of Topliss-reactive ketones (excluding diaryl/α,β-unsaturated/α-hetero) is 1. The summed E-state index contributed by atoms with van der Waals surface area (Å²) in [6, 6.07) is 9.33. The summed E-state index contributed by atoms with van der Waals surface area (Å²) in [6.45, 7) is 0.759. The lowest BCUT2D eigenvalue weighted by atomic mass is 10.1. The van der Waals surface area contributed by atoms with Crippen LogP contribution in [0.4, 0.5) is 23.4 Å². The number of aromatic nitrogens is 2. The second-order valence-corrected chi connectivity index (χ2v) is 7.55. The SMILES string of the molecule is Cc1cccc(C(=O)NC(C(=O)c2ccc(Cl)c(F)c2)n2cc(F)c(NCC(F)F)nc2=O)c1. The molecule has 7 nitrogen and oxygen atoms in total. The van der Waals surface area contributed by atoms with Gasteiger partial charge < -0.3 is 10.6 Å². The molecule has 3 aromatic rings. The number of nitrogens with zero attached hydrogens (tertiary/aromatic N) is 2. The Balaban J connectivity index is 2.04. The highest BCUT2D eigenvalue weighted by Crippen LogP contribution is 2.20. The zero-order chi connectivity index (χ0) is 25.0. The van der Waals surface area contributed by atoms with Crippen molar-refractivity contribution in [2.24, 2.45) is 0 Å². The fourth-order valence-corrected chi connectivity index (χ4v) is 3.11. The largest absolute Gasteiger partial charge is 0.362 e. The fraction of sp³-hybridized carbons (Fsp3) is 0.182. The smallest absolute Gasteiger partial charge is 0.351 e. The van der Waals surface area contributed by atoms with E-state index in [-0.39, 0.29) is 16.1 Å². The quantitative estimate of drug-likeness (QED) is 0.363. The Bertz CT molecular complexity index is 1300. The molecule has 0 fully saturated rings. The zero-order valence-corrected chi connectivity index (χ0v) is 18.2. The van der Waals surface area contributed by atoms with Crippen molar-refractivity contribution in [1.82, 2.24) is 14.9 Å². The second-order valence-electron chi connectivity index (χ2n) is 7.14. The van der Waals surface area contributed by atoms with Gasteiger partial charge in [0.25, 0.3) is 12.3 Å². The van der Waals surface area contributed by atoms with Crippen molar-refractivity contribution in [3.05, 3.63) is 92.5 Å². The minimum absolute atomic E-state index is 0.136. The highest BCUT2D eigenvalue weighted by atomic mass is 35.5. The van der Waals surface area contributed by atoms with Gasteiger partial charge in [0.05, 0.1) is 17.8 Å². The third kappa shape index (κ3) is 5.79. The molecule has 0 aliphatic rings. The third-order valence-corrected chi connectivity index (χ3v) is 4.92. The van der Waals surface area contributed by atoms with Crippen molar-refractivity contribution in [2.75, 3.05) is 11.9 Å². The number of halogens is 5.